The zero-order chi connectivity index (χ0) is 12.0. The largest absolute Gasteiger partial charge is 3.00 e. The van der Waals surface area contributed by atoms with Crippen LogP contribution >= 0.6 is 0 Å². The molecule has 3 heteroatoms. The van der Waals surface area contributed by atoms with Gasteiger partial charge >= 0.3 is 32.7 Å². The fourth-order valence-corrected chi connectivity index (χ4v) is 2.23. The summed E-state index contributed by atoms with van der Waals surface area (Å²) in [5.41, 5.74) is 3.49. The average molecular weight is 315 g/mol. The summed E-state index contributed by atoms with van der Waals surface area (Å²) in [6, 6.07) is 9.48. The number of ether oxygens (including phenoxy) is 1. The molecule has 2 nitrogen and oxygen atoms in total. The molecule has 0 bridgehead atoms. The smallest absolute Gasteiger partial charge is 0.567 e. The Morgan fingerprint density at radius 3 is 2.67 bits per heavy atom. The number of aliphatic imine (C=N–C) groups is 1. The molecule has 88 valence electrons. The van der Waals surface area contributed by atoms with Crippen LogP contribution in [0.1, 0.15) is 31.9 Å². The maximum Gasteiger partial charge on any atom is 3.00 e. The minimum absolute atomic E-state index is 0. The second kappa shape index (κ2) is 4.82. The normalized spacial score (nSPS) is 19.6. The van der Waals surface area contributed by atoms with Crippen molar-refractivity contribution in [2.24, 2.45) is 4.99 Å². The molecule has 18 heavy (non-hydrogen) atoms. The summed E-state index contributed by atoms with van der Waals surface area (Å²) in [5.74, 6) is 0.775. The number of rotatable bonds is 1. The summed E-state index contributed by atoms with van der Waals surface area (Å²) in [6.45, 7) is 6.13. The van der Waals surface area contributed by atoms with Crippen LogP contribution < -0.4 is 0 Å². The molecule has 0 atom stereocenters. The molecule has 0 radical (unpaired) electrons. The van der Waals surface area contributed by atoms with Gasteiger partial charge in [-0.25, -0.2) is 0 Å². The summed E-state index contributed by atoms with van der Waals surface area (Å²) >= 11 is 0. The van der Waals surface area contributed by atoms with E-state index in [0.29, 0.717) is 0 Å². The molecule has 1 aromatic rings. The monoisotopic (exact) mass is 315 g/mol. The Morgan fingerprint density at radius 1 is 1.28 bits per heavy atom. The first-order chi connectivity index (χ1) is 8.08. The van der Waals surface area contributed by atoms with E-state index in [-0.39, 0.29) is 38.3 Å². The van der Waals surface area contributed by atoms with E-state index in [1.54, 1.807) is 0 Å². The van der Waals surface area contributed by atoms with E-state index >= 15 is 0 Å². The molecule has 3 rings (SSSR count). The molecule has 1 aromatic carbocycles. The Kier molecular flexibility index (Phi) is 3.71. The van der Waals surface area contributed by atoms with E-state index < -0.39 is 0 Å². The predicted octanol–water partition coefficient (Wildman–Crippen LogP) is 3.38. The summed E-state index contributed by atoms with van der Waals surface area (Å²) in [7, 11) is 0. The molecular weight excluding hydrogens is 299 g/mol. The van der Waals surface area contributed by atoms with Crippen LogP contribution in [-0.2, 0) is 43.9 Å². The van der Waals surface area contributed by atoms with Gasteiger partial charge in [0, 0.05) is 0 Å². The summed E-state index contributed by atoms with van der Waals surface area (Å²) in [5, 5.41) is 0. The first kappa shape index (κ1) is 13.8. The number of nitrogens with zero attached hydrogens (tertiary/aromatic N) is 1. The third-order valence-electron chi connectivity index (χ3n) is 3.56. The SMILES string of the molecule is C[C-]1N=C(C2=CCc3ccccc32)OC1(C)C.[Y+3]. The molecule has 1 heterocycles. The third-order valence-corrected chi connectivity index (χ3v) is 3.56. The van der Waals surface area contributed by atoms with Crippen LogP contribution in [0.4, 0.5) is 0 Å². The number of fused-ring (bicyclic) bond motifs is 1. The quantitative estimate of drug-likeness (QED) is 0.728. The van der Waals surface area contributed by atoms with Crippen molar-refractivity contribution in [1.82, 2.24) is 0 Å². The van der Waals surface area contributed by atoms with Crippen LogP contribution in [0.25, 0.3) is 5.57 Å². The standard InChI is InChI=1S/C15H16NO.Y/c1-10-15(2,3)17-14(16-10)13-9-8-11-6-4-5-7-12(11)13;/h4-7,9H,8H2,1-3H3;/q-1;+3. The first-order valence-corrected chi connectivity index (χ1v) is 5.98. The molecule has 0 saturated heterocycles. The number of benzene rings is 1. The Morgan fingerprint density at radius 2 is 2.00 bits per heavy atom. The number of hydrogen-bond donors (Lipinski definition) is 0. The molecular formula is C15H16NOY+2. The maximum atomic E-state index is 5.95. The van der Waals surface area contributed by atoms with Gasteiger partial charge in [-0.05, 0) is 37.0 Å². The molecule has 2 aliphatic rings. The molecule has 1 aliphatic carbocycles. The summed E-state index contributed by atoms with van der Waals surface area (Å²) < 4.78 is 5.95. The molecule has 1 aliphatic heterocycles. The molecule has 0 saturated carbocycles. The second-order valence-corrected chi connectivity index (χ2v) is 5.09. The third kappa shape index (κ3) is 2.17. The van der Waals surface area contributed by atoms with Gasteiger partial charge in [0.25, 0.3) is 0 Å². The zero-order valence-electron chi connectivity index (χ0n) is 11.0. The van der Waals surface area contributed by atoms with Crippen molar-refractivity contribution in [3.63, 3.8) is 0 Å². The second-order valence-electron chi connectivity index (χ2n) is 5.09. The minimum atomic E-state index is -0.270. The van der Waals surface area contributed by atoms with Gasteiger partial charge in [-0.15, -0.1) is 0 Å². The zero-order valence-corrected chi connectivity index (χ0v) is 13.9. The summed E-state index contributed by atoms with van der Waals surface area (Å²) in [6.07, 6.45) is 3.19. The fraction of sp³-hybridized carbons (Fsp3) is 0.333. The molecule has 0 N–H and O–H groups in total. The average Bonchev–Trinajstić information content (AvgIpc) is 2.81. The van der Waals surface area contributed by atoms with Crippen molar-refractivity contribution in [2.75, 3.05) is 0 Å². The molecule has 0 aromatic heterocycles. The van der Waals surface area contributed by atoms with Crippen molar-refractivity contribution >= 4 is 11.5 Å². The van der Waals surface area contributed by atoms with E-state index in [1.165, 1.54) is 11.1 Å². The maximum absolute atomic E-state index is 5.95. The van der Waals surface area contributed by atoms with E-state index in [2.05, 4.69) is 49.2 Å². The van der Waals surface area contributed by atoms with Crippen LogP contribution in [0.15, 0.2) is 35.3 Å². The molecule has 0 fully saturated rings. The van der Waals surface area contributed by atoms with Gasteiger partial charge in [0.1, 0.15) is 0 Å². The number of hydrogen-bond acceptors (Lipinski definition) is 2. The molecule has 0 spiro atoms. The topological polar surface area (TPSA) is 21.6 Å². The molecule has 0 unspecified atom stereocenters. The van der Waals surface area contributed by atoms with Crippen LogP contribution in [-0.4, -0.2) is 11.5 Å². The van der Waals surface area contributed by atoms with Gasteiger partial charge in [-0.1, -0.05) is 43.3 Å². The Bertz CT molecular complexity index is 531. The Balaban J connectivity index is 0.00000120. The van der Waals surface area contributed by atoms with Crippen LogP contribution in [0.2, 0.25) is 0 Å². The van der Waals surface area contributed by atoms with Gasteiger partial charge in [-0.3, -0.25) is 0 Å². The van der Waals surface area contributed by atoms with Gasteiger partial charge in [-0.2, -0.15) is 0 Å². The van der Waals surface area contributed by atoms with Gasteiger partial charge in [0.05, 0.1) is 11.5 Å². The Labute approximate surface area is 133 Å². The van der Waals surface area contributed by atoms with Crippen molar-refractivity contribution in [3.8, 4) is 0 Å². The van der Waals surface area contributed by atoms with Crippen molar-refractivity contribution < 1.29 is 37.4 Å². The van der Waals surface area contributed by atoms with Crippen LogP contribution in [0.5, 0.6) is 0 Å². The predicted molar refractivity (Wildman–Crippen MR) is 69.6 cm³/mol. The van der Waals surface area contributed by atoms with Crippen LogP contribution in [0.3, 0.4) is 0 Å². The first-order valence-electron chi connectivity index (χ1n) is 5.98. The van der Waals surface area contributed by atoms with E-state index in [4.69, 9.17) is 4.74 Å². The van der Waals surface area contributed by atoms with Crippen molar-refractivity contribution in [2.45, 2.75) is 32.8 Å². The van der Waals surface area contributed by atoms with Crippen molar-refractivity contribution in [3.05, 3.63) is 47.5 Å². The van der Waals surface area contributed by atoms with Gasteiger partial charge < -0.3 is 9.73 Å². The van der Waals surface area contributed by atoms with Gasteiger partial charge in [0.2, 0.25) is 0 Å². The summed E-state index contributed by atoms with van der Waals surface area (Å²) in [4.78, 5) is 4.56. The Hall–Kier alpha value is -0.596. The van der Waals surface area contributed by atoms with E-state index in [1.807, 2.05) is 6.92 Å². The van der Waals surface area contributed by atoms with E-state index in [9.17, 15) is 0 Å². The van der Waals surface area contributed by atoms with Crippen LogP contribution in [0, 0.1) is 6.04 Å². The number of allylic oxidation sites excluding steroid dienone is 1. The van der Waals surface area contributed by atoms with Gasteiger partial charge in [0.15, 0.2) is 0 Å². The fourth-order valence-electron chi connectivity index (χ4n) is 2.23. The van der Waals surface area contributed by atoms with Crippen molar-refractivity contribution in [1.29, 1.82) is 0 Å². The van der Waals surface area contributed by atoms with E-state index in [0.717, 1.165) is 23.9 Å². The molecule has 0 amide bonds. The minimum Gasteiger partial charge on any atom is -0.567 e.